The Morgan fingerprint density at radius 2 is 2.23 bits per heavy atom. The molecule has 3 heteroatoms. The van der Waals surface area contributed by atoms with E-state index in [2.05, 4.69) is 0 Å². The van der Waals surface area contributed by atoms with E-state index in [0.29, 0.717) is 18.9 Å². The third-order valence-electron chi connectivity index (χ3n) is 2.69. The van der Waals surface area contributed by atoms with Gasteiger partial charge < -0.3 is 10.0 Å². The summed E-state index contributed by atoms with van der Waals surface area (Å²) < 4.78 is 0. The van der Waals surface area contributed by atoms with Gasteiger partial charge in [0.2, 0.25) is 5.91 Å². The lowest BCUT2D eigenvalue weighted by atomic mass is 9.94. The van der Waals surface area contributed by atoms with E-state index >= 15 is 0 Å². The third-order valence-corrected chi connectivity index (χ3v) is 2.69. The van der Waals surface area contributed by atoms with Gasteiger partial charge in [0.05, 0.1) is 0 Å². The largest absolute Gasteiger partial charge is 0.373 e. The van der Waals surface area contributed by atoms with Gasteiger partial charge in [0.15, 0.2) is 0 Å². The van der Waals surface area contributed by atoms with E-state index in [-0.39, 0.29) is 11.8 Å². The molecule has 1 rings (SSSR count). The van der Waals surface area contributed by atoms with Crippen LogP contribution in [0.3, 0.4) is 0 Å². The summed E-state index contributed by atoms with van der Waals surface area (Å²) in [5, 5.41) is 9.61. The highest BCUT2D eigenvalue weighted by Gasteiger charge is 2.39. The van der Waals surface area contributed by atoms with Gasteiger partial charge in [0.1, 0.15) is 6.23 Å². The number of aliphatic hydroxyl groups is 1. The van der Waals surface area contributed by atoms with Gasteiger partial charge in [-0.05, 0) is 12.3 Å². The molecule has 2 unspecified atom stereocenters. The van der Waals surface area contributed by atoms with Crippen LogP contribution in [-0.2, 0) is 4.79 Å². The van der Waals surface area contributed by atoms with Crippen molar-refractivity contribution in [3.8, 4) is 0 Å². The highest BCUT2D eigenvalue weighted by Crippen LogP contribution is 2.28. The molecule has 0 radical (unpaired) electrons. The molecule has 0 spiro atoms. The number of hydrogen-bond donors (Lipinski definition) is 1. The van der Waals surface area contributed by atoms with Crippen LogP contribution < -0.4 is 0 Å². The fourth-order valence-corrected chi connectivity index (χ4v) is 1.87. The van der Waals surface area contributed by atoms with Crippen LogP contribution in [0.5, 0.6) is 0 Å². The molecular formula is C10H19NO2. The van der Waals surface area contributed by atoms with Crippen LogP contribution in [0.25, 0.3) is 0 Å². The quantitative estimate of drug-likeness (QED) is 0.718. The predicted octanol–water partition coefficient (Wildman–Crippen LogP) is 1.22. The summed E-state index contributed by atoms with van der Waals surface area (Å²) in [4.78, 5) is 13.3. The highest BCUT2D eigenvalue weighted by molar-refractivity contribution is 5.81. The Kier molecular flexibility index (Phi) is 3.31. The van der Waals surface area contributed by atoms with Crippen LogP contribution in [0.15, 0.2) is 0 Å². The van der Waals surface area contributed by atoms with Crippen molar-refractivity contribution in [1.29, 1.82) is 0 Å². The molecule has 1 amide bonds. The minimum absolute atomic E-state index is 0.0292. The Balaban J connectivity index is 2.64. The van der Waals surface area contributed by atoms with Crippen molar-refractivity contribution in [2.75, 3.05) is 6.54 Å². The maximum absolute atomic E-state index is 11.7. The molecule has 1 saturated heterocycles. The number of carbonyl (C=O) groups excluding carboxylic acids is 1. The molecule has 0 saturated carbocycles. The molecule has 0 bridgehead atoms. The summed E-state index contributed by atoms with van der Waals surface area (Å²) in [6.45, 7) is 6.77. The number of rotatable bonds is 3. The fraction of sp³-hybridized carbons (Fsp3) is 0.900. The molecule has 3 nitrogen and oxygen atoms in total. The lowest BCUT2D eigenvalue weighted by molar-refractivity contribution is -0.136. The average molecular weight is 185 g/mol. The van der Waals surface area contributed by atoms with Crippen LogP contribution in [0.1, 0.15) is 33.6 Å². The maximum Gasteiger partial charge on any atom is 0.228 e. The summed E-state index contributed by atoms with van der Waals surface area (Å²) in [7, 11) is 0. The molecule has 2 atom stereocenters. The second kappa shape index (κ2) is 4.09. The molecule has 1 fully saturated rings. The third kappa shape index (κ3) is 2.02. The zero-order valence-corrected chi connectivity index (χ0v) is 8.66. The SMILES string of the molecule is CCCN1C(=O)C(C(C)C)CC1O. The Morgan fingerprint density at radius 1 is 1.62 bits per heavy atom. The van der Waals surface area contributed by atoms with Gasteiger partial charge >= 0.3 is 0 Å². The number of hydrogen-bond acceptors (Lipinski definition) is 2. The Labute approximate surface area is 79.7 Å². The van der Waals surface area contributed by atoms with Crippen LogP contribution in [0.2, 0.25) is 0 Å². The molecule has 0 aromatic heterocycles. The van der Waals surface area contributed by atoms with Crippen molar-refractivity contribution in [2.45, 2.75) is 39.8 Å². The molecule has 0 aliphatic carbocycles. The summed E-state index contributed by atoms with van der Waals surface area (Å²) >= 11 is 0. The predicted molar refractivity (Wildman–Crippen MR) is 51.0 cm³/mol. The van der Waals surface area contributed by atoms with Crippen molar-refractivity contribution >= 4 is 5.91 Å². The molecule has 1 heterocycles. The summed E-state index contributed by atoms with van der Waals surface area (Å²) in [6.07, 6.45) is 0.976. The van der Waals surface area contributed by atoms with Gasteiger partial charge in [0, 0.05) is 18.9 Å². The smallest absolute Gasteiger partial charge is 0.228 e. The highest BCUT2D eigenvalue weighted by atomic mass is 16.3. The van der Waals surface area contributed by atoms with Gasteiger partial charge in [0.25, 0.3) is 0 Å². The summed E-state index contributed by atoms with van der Waals surface area (Å²) in [6, 6.07) is 0. The molecular weight excluding hydrogens is 166 g/mol. The standard InChI is InChI=1S/C10H19NO2/c1-4-5-11-9(12)6-8(7(2)3)10(11)13/h7-9,12H,4-6H2,1-3H3. The van der Waals surface area contributed by atoms with E-state index in [1.165, 1.54) is 0 Å². The van der Waals surface area contributed by atoms with Gasteiger partial charge in [-0.25, -0.2) is 0 Å². The first-order valence-electron chi connectivity index (χ1n) is 5.06. The molecule has 1 aliphatic rings. The van der Waals surface area contributed by atoms with Crippen molar-refractivity contribution in [3.05, 3.63) is 0 Å². The zero-order valence-electron chi connectivity index (χ0n) is 8.66. The maximum atomic E-state index is 11.7. The first-order valence-corrected chi connectivity index (χ1v) is 5.06. The topological polar surface area (TPSA) is 40.5 Å². The van der Waals surface area contributed by atoms with Crippen molar-refractivity contribution in [3.63, 3.8) is 0 Å². The fourth-order valence-electron chi connectivity index (χ4n) is 1.87. The minimum Gasteiger partial charge on any atom is -0.373 e. The van der Waals surface area contributed by atoms with Gasteiger partial charge in [-0.2, -0.15) is 0 Å². The normalized spacial score (nSPS) is 29.0. The number of likely N-dealkylation sites (tertiary alicyclic amines) is 1. The van der Waals surface area contributed by atoms with E-state index in [4.69, 9.17) is 0 Å². The molecule has 0 aromatic carbocycles. The Morgan fingerprint density at radius 3 is 2.62 bits per heavy atom. The Hall–Kier alpha value is -0.570. The number of aliphatic hydroxyl groups excluding tert-OH is 1. The molecule has 0 aromatic rings. The van der Waals surface area contributed by atoms with Gasteiger partial charge in [-0.1, -0.05) is 20.8 Å². The number of amides is 1. The molecule has 13 heavy (non-hydrogen) atoms. The van der Waals surface area contributed by atoms with Crippen LogP contribution >= 0.6 is 0 Å². The van der Waals surface area contributed by atoms with Crippen molar-refractivity contribution in [2.24, 2.45) is 11.8 Å². The van der Waals surface area contributed by atoms with Crippen molar-refractivity contribution < 1.29 is 9.90 Å². The number of nitrogens with zero attached hydrogens (tertiary/aromatic N) is 1. The van der Waals surface area contributed by atoms with Crippen LogP contribution in [0, 0.1) is 11.8 Å². The first kappa shape index (κ1) is 10.5. The summed E-state index contributed by atoms with van der Waals surface area (Å²) in [5.74, 6) is 0.495. The molecule has 76 valence electrons. The molecule has 1 aliphatic heterocycles. The zero-order chi connectivity index (χ0) is 10.0. The van der Waals surface area contributed by atoms with E-state index < -0.39 is 6.23 Å². The monoisotopic (exact) mass is 185 g/mol. The van der Waals surface area contributed by atoms with E-state index in [1.54, 1.807) is 4.90 Å². The summed E-state index contributed by atoms with van der Waals surface area (Å²) in [5.41, 5.74) is 0. The van der Waals surface area contributed by atoms with E-state index in [1.807, 2.05) is 20.8 Å². The Bertz CT molecular complexity index is 191. The lowest BCUT2D eigenvalue weighted by Gasteiger charge is -2.19. The van der Waals surface area contributed by atoms with E-state index in [0.717, 1.165) is 6.42 Å². The van der Waals surface area contributed by atoms with E-state index in [9.17, 15) is 9.90 Å². The van der Waals surface area contributed by atoms with Gasteiger partial charge in [-0.15, -0.1) is 0 Å². The van der Waals surface area contributed by atoms with Crippen LogP contribution in [0.4, 0.5) is 0 Å². The minimum atomic E-state index is -0.542. The average Bonchev–Trinajstić information content (AvgIpc) is 2.32. The second-order valence-corrected chi connectivity index (χ2v) is 4.10. The second-order valence-electron chi connectivity index (χ2n) is 4.10. The first-order chi connectivity index (χ1) is 6.07. The van der Waals surface area contributed by atoms with Crippen LogP contribution in [-0.4, -0.2) is 28.7 Å². The number of carbonyl (C=O) groups is 1. The van der Waals surface area contributed by atoms with Gasteiger partial charge in [-0.3, -0.25) is 4.79 Å². The lowest BCUT2D eigenvalue weighted by Crippen LogP contribution is -2.34. The molecule has 1 N–H and O–H groups in total. The van der Waals surface area contributed by atoms with Crippen molar-refractivity contribution in [1.82, 2.24) is 4.90 Å².